The largest absolute Gasteiger partial charge is 0.490 e. The van der Waals surface area contributed by atoms with Crippen LogP contribution in [-0.2, 0) is 15.1 Å². The van der Waals surface area contributed by atoms with Crippen molar-refractivity contribution in [1.82, 2.24) is 4.90 Å². The topological polar surface area (TPSA) is 96.0 Å². The number of likely N-dealkylation sites (N-methyl/N-ethyl adjacent to an activating group) is 1. The molecule has 142 valence electrons. The third-order valence-corrected chi connectivity index (χ3v) is 4.67. The van der Waals surface area contributed by atoms with E-state index in [9.17, 15) is 18.0 Å². The zero-order chi connectivity index (χ0) is 19.5. The number of benzene rings is 1. The predicted octanol–water partition coefficient (Wildman–Crippen LogP) is 2.49. The van der Waals surface area contributed by atoms with Crippen molar-refractivity contribution in [2.75, 3.05) is 7.05 Å². The molecule has 1 fully saturated rings. The SMILES string of the molecule is CN1C(=O)C(c2ccccc2)(C2CCCC2)N=C1N.O=C(O)C(F)(F)F. The van der Waals surface area contributed by atoms with Crippen molar-refractivity contribution >= 4 is 17.8 Å². The van der Waals surface area contributed by atoms with Crippen molar-refractivity contribution in [2.24, 2.45) is 16.6 Å². The Morgan fingerprint density at radius 3 is 2.15 bits per heavy atom. The first-order valence-corrected chi connectivity index (χ1v) is 8.09. The number of nitrogens with zero attached hydrogens (tertiary/aromatic N) is 2. The molecule has 0 radical (unpaired) electrons. The highest BCUT2D eigenvalue weighted by molar-refractivity contribution is 6.07. The van der Waals surface area contributed by atoms with Gasteiger partial charge in [0.2, 0.25) is 0 Å². The maximum Gasteiger partial charge on any atom is 0.490 e. The van der Waals surface area contributed by atoms with Crippen LogP contribution in [0.25, 0.3) is 0 Å². The molecule has 1 saturated carbocycles. The maximum atomic E-state index is 12.8. The van der Waals surface area contributed by atoms with Crippen LogP contribution >= 0.6 is 0 Å². The molecule has 1 heterocycles. The third kappa shape index (κ3) is 3.66. The Balaban J connectivity index is 0.000000298. The van der Waals surface area contributed by atoms with Gasteiger partial charge in [-0.15, -0.1) is 0 Å². The van der Waals surface area contributed by atoms with Crippen molar-refractivity contribution in [3.63, 3.8) is 0 Å². The number of hydrogen-bond acceptors (Lipinski definition) is 4. The van der Waals surface area contributed by atoms with E-state index in [-0.39, 0.29) is 11.8 Å². The molecule has 1 amide bonds. The summed E-state index contributed by atoms with van der Waals surface area (Å²) < 4.78 is 31.7. The molecule has 1 atom stereocenters. The molecule has 1 unspecified atom stereocenters. The monoisotopic (exact) mass is 371 g/mol. The summed E-state index contributed by atoms with van der Waals surface area (Å²) in [4.78, 5) is 27.7. The van der Waals surface area contributed by atoms with E-state index in [1.54, 1.807) is 7.05 Å². The van der Waals surface area contributed by atoms with Crippen LogP contribution in [0.15, 0.2) is 35.3 Å². The van der Waals surface area contributed by atoms with Gasteiger partial charge in [0.1, 0.15) is 0 Å². The fourth-order valence-electron chi connectivity index (χ4n) is 3.39. The Morgan fingerprint density at radius 1 is 1.27 bits per heavy atom. The molecule has 3 N–H and O–H groups in total. The highest BCUT2D eigenvalue weighted by atomic mass is 19.4. The molecule has 1 aromatic carbocycles. The van der Waals surface area contributed by atoms with Gasteiger partial charge in [0.05, 0.1) is 0 Å². The van der Waals surface area contributed by atoms with E-state index >= 15 is 0 Å². The van der Waals surface area contributed by atoms with Crippen molar-refractivity contribution in [3.8, 4) is 0 Å². The molecule has 2 aliphatic rings. The van der Waals surface area contributed by atoms with Crippen LogP contribution in [0.4, 0.5) is 13.2 Å². The molecule has 1 aliphatic heterocycles. The Hall–Kier alpha value is -2.58. The van der Waals surface area contributed by atoms with Crippen LogP contribution in [0.1, 0.15) is 31.2 Å². The lowest BCUT2D eigenvalue weighted by molar-refractivity contribution is -0.192. The van der Waals surface area contributed by atoms with Crippen LogP contribution < -0.4 is 5.73 Å². The number of carboxylic acids is 1. The second kappa shape index (κ2) is 7.35. The molecular formula is C17H20F3N3O3. The van der Waals surface area contributed by atoms with Gasteiger partial charge in [-0.2, -0.15) is 13.2 Å². The number of amides is 1. The number of rotatable bonds is 2. The molecule has 9 heteroatoms. The van der Waals surface area contributed by atoms with Crippen molar-refractivity contribution in [3.05, 3.63) is 35.9 Å². The summed E-state index contributed by atoms with van der Waals surface area (Å²) >= 11 is 0. The highest BCUT2D eigenvalue weighted by Crippen LogP contribution is 2.46. The Morgan fingerprint density at radius 2 is 1.77 bits per heavy atom. The Labute approximate surface area is 148 Å². The van der Waals surface area contributed by atoms with Gasteiger partial charge in [0, 0.05) is 7.05 Å². The molecule has 0 aromatic heterocycles. The summed E-state index contributed by atoms with van der Waals surface area (Å²) in [6, 6.07) is 9.87. The number of nitrogens with two attached hydrogens (primary N) is 1. The molecule has 26 heavy (non-hydrogen) atoms. The smallest absolute Gasteiger partial charge is 0.475 e. The zero-order valence-corrected chi connectivity index (χ0v) is 14.2. The summed E-state index contributed by atoms with van der Waals surface area (Å²) in [5.41, 5.74) is 6.09. The van der Waals surface area contributed by atoms with Crippen LogP contribution in [0.2, 0.25) is 0 Å². The minimum Gasteiger partial charge on any atom is -0.475 e. The molecular weight excluding hydrogens is 351 g/mol. The third-order valence-electron chi connectivity index (χ3n) is 4.67. The molecule has 6 nitrogen and oxygen atoms in total. The summed E-state index contributed by atoms with van der Waals surface area (Å²) in [5, 5.41) is 7.12. The number of guanidine groups is 1. The van der Waals surface area contributed by atoms with Gasteiger partial charge in [-0.05, 0) is 24.3 Å². The second-order valence-corrected chi connectivity index (χ2v) is 6.25. The molecule has 0 bridgehead atoms. The quantitative estimate of drug-likeness (QED) is 0.835. The second-order valence-electron chi connectivity index (χ2n) is 6.25. The molecule has 0 saturated heterocycles. The van der Waals surface area contributed by atoms with Crippen LogP contribution in [0.3, 0.4) is 0 Å². The van der Waals surface area contributed by atoms with E-state index in [0.717, 1.165) is 18.4 Å². The number of hydrogen-bond donors (Lipinski definition) is 2. The van der Waals surface area contributed by atoms with E-state index in [2.05, 4.69) is 4.99 Å². The van der Waals surface area contributed by atoms with E-state index < -0.39 is 17.7 Å². The Kier molecular flexibility index (Phi) is 5.58. The fourth-order valence-corrected chi connectivity index (χ4v) is 3.39. The van der Waals surface area contributed by atoms with E-state index in [1.807, 2.05) is 30.3 Å². The number of carbonyl (C=O) groups is 2. The summed E-state index contributed by atoms with van der Waals surface area (Å²) in [6.45, 7) is 0. The first kappa shape index (κ1) is 19.7. The summed E-state index contributed by atoms with van der Waals surface area (Å²) in [6.07, 6.45) is -0.645. The lowest BCUT2D eigenvalue weighted by Gasteiger charge is -2.31. The number of aliphatic imine (C=N–C) groups is 1. The first-order valence-electron chi connectivity index (χ1n) is 8.09. The molecule has 1 aromatic rings. The molecule has 1 aliphatic carbocycles. The number of aliphatic carboxylic acids is 1. The lowest BCUT2D eigenvalue weighted by Crippen LogP contribution is -2.44. The van der Waals surface area contributed by atoms with Crippen molar-refractivity contribution < 1.29 is 27.9 Å². The Bertz CT molecular complexity index is 700. The summed E-state index contributed by atoms with van der Waals surface area (Å²) in [5.74, 6) is -2.14. The average molecular weight is 371 g/mol. The number of halogens is 3. The van der Waals surface area contributed by atoms with Gasteiger partial charge >= 0.3 is 12.1 Å². The molecule has 0 spiro atoms. The minimum atomic E-state index is -5.08. The van der Waals surface area contributed by atoms with Gasteiger partial charge in [-0.3, -0.25) is 9.69 Å². The van der Waals surface area contributed by atoms with Crippen LogP contribution in [-0.4, -0.2) is 41.1 Å². The number of alkyl halides is 3. The van der Waals surface area contributed by atoms with Gasteiger partial charge in [0.25, 0.3) is 5.91 Å². The van der Waals surface area contributed by atoms with E-state index in [0.29, 0.717) is 5.96 Å². The van der Waals surface area contributed by atoms with Crippen LogP contribution in [0, 0.1) is 5.92 Å². The van der Waals surface area contributed by atoms with E-state index in [1.165, 1.54) is 17.7 Å². The summed E-state index contributed by atoms with van der Waals surface area (Å²) in [7, 11) is 1.71. The van der Waals surface area contributed by atoms with Crippen molar-refractivity contribution in [1.29, 1.82) is 0 Å². The van der Waals surface area contributed by atoms with Crippen LogP contribution in [0.5, 0.6) is 0 Å². The zero-order valence-electron chi connectivity index (χ0n) is 14.2. The van der Waals surface area contributed by atoms with Crippen molar-refractivity contribution in [2.45, 2.75) is 37.4 Å². The maximum absolute atomic E-state index is 12.8. The highest BCUT2D eigenvalue weighted by Gasteiger charge is 2.53. The fraction of sp³-hybridized carbons (Fsp3) is 0.471. The predicted molar refractivity (Wildman–Crippen MR) is 88.2 cm³/mol. The number of carboxylic acid groups (broad SMARTS) is 1. The average Bonchev–Trinajstić information content (AvgIpc) is 3.20. The van der Waals surface area contributed by atoms with Gasteiger partial charge in [-0.1, -0.05) is 43.2 Å². The molecule has 3 rings (SSSR count). The standard InChI is InChI=1S/C15H19N3O.C2HF3O2/c1-18-13(19)15(17-14(18)16,12-9-5-6-10-12)11-7-3-2-4-8-11;3-2(4,5)1(6)7/h2-4,7-8,12H,5-6,9-10H2,1H3,(H2,16,17);(H,6,7). The van der Waals surface area contributed by atoms with Gasteiger partial charge < -0.3 is 10.8 Å². The lowest BCUT2D eigenvalue weighted by atomic mass is 9.77. The van der Waals surface area contributed by atoms with Gasteiger partial charge in [-0.25, -0.2) is 9.79 Å². The van der Waals surface area contributed by atoms with Gasteiger partial charge in [0.15, 0.2) is 11.5 Å². The van der Waals surface area contributed by atoms with E-state index in [4.69, 9.17) is 15.6 Å². The number of carbonyl (C=O) groups excluding carboxylic acids is 1. The minimum absolute atomic E-state index is 0.0168. The normalized spacial score (nSPS) is 23.5. The first-order chi connectivity index (χ1) is 12.1.